The minimum absolute atomic E-state index is 0.327. The van der Waals surface area contributed by atoms with Crippen molar-refractivity contribution in [1.29, 1.82) is 0 Å². The first kappa shape index (κ1) is 8.68. The Bertz CT molecular complexity index is 230. The van der Waals surface area contributed by atoms with Crippen LogP contribution in [0.5, 0.6) is 0 Å². The van der Waals surface area contributed by atoms with Crippen molar-refractivity contribution in [2.75, 3.05) is 0 Å². The highest BCUT2D eigenvalue weighted by Gasteiger charge is 2.11. The van der Waals surface area contributed by atoms with Crippen molar-refractivity contribution >= 4 is 11.1 Å². The number of rotatable bonds is 1. The first-order chi connectivity index (χ1) is 5.11. The molecule has 0 aromatic carbocycles. The van der Waals surface area contributed by atoms with E-state index in [4.69, 9.17) is 0 Å². The molecule has 0 fully saturated rings. The van der Waals surface area contributed by atoms with Crippen molar-refractivity contribution in [1.82, 2.24) is 0 Å². The average Bonchev–Trinajstić information content (AvgIpc) is 1.94. The largest absolute Gasteiger partial charge is 0.768 e. The van der Waals surface area contributed by atoms with Gasteiger partial charge in [0.15, 0.2) is 0 Å². The Labute approximate surface area is 69.3 Å². The molecule has 62 valence electrons. The molecule has 1 aliphatic carbocycles. The maximum absolute atomic E-state index is 10.5. The summed E-state index contributed by atoms with van der Waals surface area (Å²) in [5, 5.41) is 0. The molecule has 2 nitrogen and oxygen atoms in total. The summed E-state index contributed by atoms with van der Waals surface area (Å²) >= 11 is -2.06. The van der Waals surface area contributed by atoms with Crippen molar-refractivity contribution in [2.24, 2.45) is 11.8 Å². The van der Waals surface area contributed by atoms with Crippen LogP contribution in [0.25, 0.3) is 0 Å². The molecule has 0 heterocycles. The molecule has 0 saturated carbocycles. The lowest BCUT2D eigenvalue weighted by Gasteiger charge is -2.19. The Hall–Kier alpha value is -0.410. The van der Waals surface area contributed by atoms with Gasteiger partial charge >= 0.3 is 0 Å². The van der Waals surface area contributed by atoms with Crippen LogP contribution < -0.4 is 0 Å². The van der Waals surface area contributed by atoms with E-state index in [2.05, 4.69) is 6.92 Å². The molecular weight excluding hydrogens is 160 g/mol. The molecule has 0 amide bonds. The van der Waals surface area contributed by atoms with Gasteiger partial charge in [-0.2, -0.15) is 0 Å². The zero-order valence-electron chi connectivity index (χ0n) is 6.61. The van der Waals surface area contributed by atoms with Crippen LogP contribution in [0.2, 0.25) is 0 Å². The number of allylic oxidation sites excluding steroid dienone is 3. The van der Waals surface area contributed by atoms with Crippen molar-refractivity contribution in [2.45, 2.75) is 13.8 Å². The Balaban J connectivity index is 2.80. The van der Waals surface area contributed by atoms with Gasteiger partial charge in [0.2, 0.25) is 0 Å². The Morgan fingerprint density at radius 1 is 1.45 bits per heavy atom. The van der Waals surface area contributed by atoms with E-state index in [1.807, 2.05) is 13.0 Å². The van der Waals surface area contributed by atoms with E-state index < -0.39 is 11.1 Å². The van der Waals surface area contributed by atoms with Crippen molar-refractivity contribution in [3.8, 4) is 0 Å². The maximum Gasteiger partial charge on any atom is 0.0208 e. The third-order valence-corrected chi connectivity index (χ3v) is 2.67. The summed E-state index contributed by atoms with van der Waals surface area (Å²) in [5.74, 6) is 0.773. The highest BCUT2D eigenvalue weighted by molar-refractivity contribution is 7.83. The highest BCUT2D eigenvalue weighted by Crippen LogP contribution is 2.22. The van der Waals surface area contributed by atoms with Crippen LogP contribution >= 0.6 is 0 Å². The third kappa shape index (κ3) is 2.01. The van der Waals surface area contributed by atoms with Gasteiger partial charge in [0.25, 0.3) is 0 Å². The molecular formula is C8H11O2S-. The van der Waals surface area contributed by atoms with Gasteiger partial charge in [-0.25, -0.2) is 0 Å². The summed E-state index contributed by atoms with van der Waals surface area (Å²) < 4.78 is 21.0. The fourth-order valence-corrected chi connectivity index (χ4v) is 1.51. The second-order valence-corrected chi connectivity index (χ2v) is 3.82. The van der Waals surface area contributed by atoms with E-state index in [-0.39, 0.29) is 0 Å². The molecule has 3 atom stereocenters. The van der Waals surface area contributed by atoms with Crippen molar-refractivity contribution in [3.63, 3.8) is 0 Å². The van der Waals surface area contributed by atoms with Gasteiger partial charge in [0, 0.05) is 4.91 Å². The van der Waals surface area contributed by atoms with E-state index >= 15 is 0 Å². The normalized spacial score (nSPS) is 33.2. The highest BCUT2D eigenvalue weighted by atomic mass is 32.2. The second kappa shape index (κ2) is 3.32. The van der Waals surface area contributed by atoms with Crippen LogP contribution in [0.1, 0.15) is 13.8 Å². The maximum atomic E-state index is 10.5. The molecule has 0 aromatic rings. The fraction of sp³-hybridized carbons (Fsp3) is 0.500. The molecule has 11 heavy (non-hydrogen) atoms. The molecule has 0 N–H and O–H groups in total. The van der Waals surface area contributed by atoms with Crippen molar-refractivity contribution < 1.29 is 8.76 Å². The van der Waals surface area contributed by atoms with Gasteiger partial charge in [-0.15, -0.1) is 0 Å². The summed E-state index contributed by atoms with van der Waals surface area (Å²) in [5.41, 5.74) is 0. The number of hydrogen-bond donors (Lipinski definition) is 0. The lowest BCUT2D eigenvalue weighted by Crippen LogP contribution is -2.08. The minimum Gasteiger partial charge on any atom is -0.768 e. The van der Waals surface area contributed by atoms with E-state index in [0.717, 1.165) is 0 Å². The molecule has 0 bridgehead atoms. The summed E-state index contributed by atoms with van der Waals surface area (Å²) in [6.07, 6.45) is 5.37. The second-order valence-electron chi connectivity index (χ2n) is 2.88. The average molecular weight is 171 g/mol. The molecule has 1 aliphatic rings. The lowest BCUT2D eigenvalue weighted by molar-refractivity contribution is 0.533. The van der Waals surface area contributed by atoms with E-state index in [9.17, 15) is 8.76 Å². The minimum atomic E-state index is -2.06. The third-order valence-electron chi connectivity index (χ3n) is 2.01. The first-order valence-electron chi connectivity index (χ1n) is 3.60. The van der Waals surface area contributed by atoms with Crippen LogP contribution in [-0.2, 0) is 11.1 Å². The summed E-state index contributed by atoms with van der Waals surface area (Å²) in [7, 11) is 0. The predicted octanol–water partition coefficient (Wildman–Crippen LogP) is 1.59. The van der Waals surface area contributed by atoms with Gasteiger partial charge in [0.1, 0.15) is 0 Å². The Morgan fingerprint density at radius 3 is 2.55 bits per heavy atom. The summed E-state index contributed by atoms with van der Waals surface area (Å²) in [6, 6.07) is 0. The van der Waals surface area contributed by atoms with E-state index in [0.29, 0.717) is 16.7 Å². The van der Waals surface area contributed by atoms with Gasteiger partial charge in [-0.05, 0) is 22.9 Å². The van der Waals surface area contributed by atoms with Crippen LogP contribution in [0, 0.1) is 11.8 Å². The van der Waals surface area contributed by atoms with Crippen LogP contribution in [0.15, 0.2) is 23.1 Å². The van der Waals surface area contributed by atoms with Crippen LogP contribution in [0.3, 0.4) is 0 Å². The Morgan fingerprint density at radius 2 is 2.09 bits per heavy atom. The van der Waals surface area contributed by atoms with E-state index in [1.54, 1.807) is 12.2 Å². The van der Waals surface area contributed by atoms with Gasteiger partial charge < -0.3 is 4.55 Å². The summed E-state index contributed by atoms with van der Waals surface area (Å²) in [4.78, 5) is 0.413. The Kier molecular flexibility index (Phi) is 2.62. The lowest BCUT2D eigenvalue weighted by atomic mass is 9.92. The molecule has 0 saturated heterocycles. The zero-order chi connectivity index (χ0) is 8.43. The van der Waals surface area contributed by atoms with Gasteiger partial charge in [-0.3, -0.25) is 4.21 Å². The molecule has 0 aliphatic heterocycles. The summed E-state index contributed by atoms with van der Waals surface area (Å²) in [6.45, 7) is 4.09. The van der Waals surface area contributed by atoms with Gasteiger partial charge in [0.05, 0.1) is 0 Å². The fourth-order valence-electron chi connectivity index (χ4n) is 0.999. The smallest absolute Gasteiger partial charge is 0.0208 e. The van der Waals surface area contributed by atoms with Crippen molar-refractivity contribution in [3.05, 3.63) is 23.1 Å². The van der Waals surface area contributed by atoms with Gasteiger partial charge in [-0.1, -0.05) is 32.1 Å². The quantitative estimate of drug-likeness (QED) is 0.562. The molecule has 3 heteroatoms. The molecule has 0 radical (unpaired) electrons. The van der Waals surface area contributed by atoms with Crippen LogP contribution in [-0.4, -0.2) is 8.76 Å². The molecule has 0 aromatic heterocycles. The SMILES string of the molecule is CC1C=CC(S(=O)[O-])=CC1C. The standard InChI is InChI=1S/C8H12O2S/c1-6-3-4-8(11(9)10)5-7(6)2/h3-7H,1-2H3,(H,9,10)/p-1. The molecule has 0 spiro atoms. The monoisotopic (exact) mass is 171 g/mol. The predicted molar refractivity (Wildman–Crippen MR) is 44.5 cm³/mol. The topological polar surface area (TPSA) is 40.1 Å². The molecule has 3 unspecified atom stereocenters. The van der Waals surface area contributed by atoms with Crippen LogP contribution in [0.4, 0.5) is 0 Å². The van der Waals surface area contributed by atoms with E-state index in [1.165, 1.54) is 0 Å². The first-order valence-corrected chi connectivity index (χ1v) is 4.68. The zero-order valence-corrected chi connectivity index (χ0v) is 7.43. The molecule has 1 rings (SSSR count). The number of hydrogen-bond acceptors (Lipinski definition) is 2.